The van der Waals surface area contributed by atoms with Gasteiger partial charge < -0.3 is 14.6 Å². The molecule has 1 aliphatic heterocycles. The molecule has 1 aliphatic rings. The summed E-state index contributed by atoms with van der Waals surface area (Å²) >= 11 is 0. The number of aromatic nitrogens is 1. The summed E-state index contributed by atoms with van der Waals surface area (Å²) in [4.78, 5) is 14.3. The Morgan fingerprint density at radius 3 is 2.56 bits per heavy atom. The molecule has 0 aliphatic carbocycles. The Morgan fingerprint density at radius 1 is 1.07 bits per heavy atom. The molecule has 0 spiro atoms. The molecule has 1 fully saturated rings. The number of rotatable bonds is 6. The number of nitrogens with one attached hydrogen (secondary N) is 1. The summed E-state index contributed by atoms with van der Waals surface area (Å²) in [5.41, 5.74) is 0.280. The van der Waals surface area contributed by atoms with Gasteiger partial charge in [0.25, 0.3) is 5.56 Å². The minimum atomic E-state index is -4.48. The van der Waals surface area contributed by atoms with Crippen molar-refractivity contribution in [1.82, 2.24) is 9.47 Å². The Hall–Kier alpha value is -2.32. The number of nitrogens with zero attached hydrogens (tertiary/aromatic N) is 2. The smallest absolute Gasteiger partial charge is 0.383 e. The summed E-state index contributed by atoms with van der Waals surface area (Å²) in [5, 5.41) is 3.33. The first-order chi connectivity index (χ1) is 12.9. The predicted molar refractivity (Wildman–Crippen MR) is 97.0 cm³/mol. The highest BCUT2D eigenvalue weighted by Crippen LogP contribution is 2.28. The van der Waals surface area contributed by atoms with Crippen molar-refractivity contribution in [2.75, 3.05) is 44.7 Å². The standard InChI is InChI=1S/C19H22F3N3O2/c20-19(21,22)16-5-6-18(26)25(14-16)13-15-3-1-2-4-17(15)23-7-8-24-9-11-27-12-10-24/h1-6,14,23H,7-13H2. The average molecular weight is 381 g/mol. The summed E-state index contributed by atoms with van der Waals surface area (Å²) in [6.07, 6.45) is -3.61. The van der Waals surface area contributed by atoms with Gasteiger partial charge in [-0.3, -0.25) is 9.69 Å². The van der Waals surface area contributed by atoms with Crippen LogP contribution < -0.4 is 10.9 Å². The second kappa shape index (κ2) is 8.58. The van der Waals surface area contributed by atoms with Gasteiger partial charge in [0, 0.05) is 44.1 Å². The molecule has 0 saturated carbocycles. The van der Waals surface area contributed by atoms with E-state index >= 15 is 0 Å². The van der Waals surface area contributed by atoms with Crippen LogP contribution in [0, 0.1) is 0 Å². The maximum Gasteiger partial charge on any atom is 0.417 e. The molecule has 2 aromatic rings. The number of benzene rings is 1. The summed E-state index contributed by atoms with van der Waals surface area (Å²) in [5.74, 6) is 0. The van der Waals surface area contributed by atoms with Crippen molar-refractivity contribution in [3.63, 3.8) is 0 Å². The summed E-state index contributed by atoms with van der Waals surface area (Å²) in [7, 11) is 0. The minimum Gasteiger partial charge on any atom is -0.383 e. The largest absolute Gasteiger partial charge is 0.417 e. The van der Waals surface area contributed by atoms with E-state index in [-0.39, 0.29) is 6.54 Å². The van der Waals surface area contributed by atoms with Crippen LogP contribution in [0.5, 0.6) is 0 Å². The number of alkyl halides is 3. The SMILES string of the molecule is O=c1ccc(C(F)(F)F)cn1Cc1ccccc1NCCN1CCOCC1. The lowest BCUT2D eigenvalue weighted by Gasteiger charge is -2.26. The zero-order valence-electron chi connectivity index (χ0n) is 14.8. The van der Waals surface area contributed by atoms with E-state index in [0.717, 1.165) is 67.0 Å². The molecule has 2 heterocycles. The van der Waals surface area contributed by atoms with Crippen LogP contribution in [0.4, 0.5) is 18.9 Å². The first-order valence-corrected chi connectivity index (χ1v) is 8.83. The fourth-order valence-corrected chi connectivity index (χ4v) is 3.01. The molecular formula is C19H22F3N3O2. The Kier molecular flexibility index (Phi) is 6.18. The molecule has 0 radical (unpaired) electrons. The van der Waals surface area contributed by atoms with Crippen LogP contribution >= 0.6 is 0 Å². The second-order valence-corrected chi connectivity index (χ2v) is 6.42. The number of anilines is 1. The Balaban J connectivity index is 1.70. The van der Waals surface area contributed by atoms with Crippen LogP contribution in [0.15, 0.2) is 47.4 Å². The number of pyridine rings is 1. The highest BCUT2D eigenvalue weighted by Gasteiger charge is 2.31. The van der Waals surface area contributed by atoms with Gasteiger partial charge in [0.1, 0.15) is 0 Å². The lowest BCUT2D eigenvalue weighted by Crippen LogP contribution is -2.39. The molecule has 8 heteroatoms. The van der Waals surface area contributed by atoms with Crippen LogP contribution in [0.25, 0.3) is 0 Å². The van der Waals surface area contributed by atoms with Gasteiger partial charge in [-0.1, -0.05) is 18.2 Å². The number of para-hydroxylation sites is 1. The van der Waals surface area contributed by atoms with E-state index in [2.05, 4.69) is 10.2 Å². The quantitative estimate of drug-likeness (QED) is 0.836. The third kappa shape index (κ3) is 5.33. The zero-order chi connectivity index (χ0) is 19.3. The zero-order valence-corrected chi connectivity index (χ0v) is 14.8. The molecule has 1 aromatic carbocycles. The van der Waals surface area contributed by atoms with Gasteiger partial charge in [0.15, 0.2) is 0 Å². The van der Waals surface area contributed by atoms with E-state index in [4.69, 9.17) is 4.74 Å². The number of morpholine rings is 1. The molecular weight excluding hydrogens is 359 g/mol. The van der Waals surface area contributed by atoms with Crippen molar-refractivity contribution in [3.05, 3.63) is 64.1 Å². The fourth-order valence-electron chi connectivity index (χ4n) is 3.01. The molecule has 0 bridgehead atoms. The topological polar surface area (TPSA) is 46.5 Å². The molecule has 1 N–H and O–H groups in total. The lowest BCUT2D eigenvalue weighted by molar-refractivity contribution is -0.138. The van der Waals surface area contributed by atoms with Crippen LogP contribution in [0.2, 0.25) is 0 Å². The predicted octanol–water partition coefficient (Wildman–Crippen LogP) is 2.66. The van der Waals surface area contributed by atoms with Crippen LogP contribution in [0.3, 0.4) is 0 Å². The van der Waals surface area contributed by atoms with Crippen LogP contribution in [-0.2, 0) is 17.5 Å². The van der Waals surface area contributed by atoms with E-state index in [1.807, 2.05) is 18.2 Å². The lowest BCUT2D eigenvalue weighted by atomic mass is 10.1. The molecule has 0 atom stereocenters. The summed E-state index contributed by atoms with van der Waals surface area (Å²) in [6, 6.07) is 9.11. The second-order valence-electron chi connectivity index (χ2n) is 6.42. The van der Waals surface area contributed by atoms with Crippen LogP contribution in [-0.4, -0.2) is 48.9 Å². The molecule has 27 heavy (non-hydrogen) atoms. The number of halogens is 3. The Bertz CT molecular complexity index is 814. The first kappa shape index (κ1) is 19.4. The van der Waals surface area contributed by atoms with Gasteiger partial charge in [-0.15, -0.1) is 0 Å². The van der Waals surface area contributed by atoms with Gasteiger partial charge in [0.2, 0.25) is 0 Å². The normalized spacial score (nSPS) is 15.7. The molecule has 3 rings (SSSR count). The van der Waals surface area contributed by atoms with E-state index in [0.29, 0.717) is 6.54 Å². The van der Waals surface area contributed by atoms with Crippen molar-refractivity contribution in [2.45, 2.75) is 12.7 Å². The molecule has 146 valence electrons. The van der Waals surface area contributed by atoms with Crippen LogP contribution in [0.1, 0.15) is 11.1 Å². The number of hydrogen-bond donors (Lipinski definition) is 1. The molecule has 0 amide bonds. The van der Waals surface area contributed by atoms with Gasteiger partial charge >= 0.3 is 6.18 Å². The molecule has 5 nitrogen and oxygen atoms in total. The number of ether oxygens (including phenoxy) is 1. The maximum absolute atomic E-state index is 12.9. The van der Waals surface area contributed by atoms with E-state index < -0.39 is 17.3 Å². The maximum atomic E-state index is 12.9. The first-order valence-electron chi connectivity index (χ1n) is 8.83. The third-order valence-corrected chi connectivity index (χ3v) is 4.52. The van der Waals surface area contributed by atoms with Crippen molar-refractivity contribution < 1.29 is 17.9 Å². The van der Waals surface area contributed by atoms with E-state index in [9.17, 15) is 18.0 Å². The van der Waals surface area contributed by atoms with Crippen molar-refractivity contribution in [3.8, 4) is 0 Å². The highest BCUT2D eigenvalue weighted by atomic mass is 19.4. The fraction of sp³-hybridized carbons (Fsp3) is 0.421. The highest BCUT2D eigenvalue weighted by molar-refractivity contribution is 5.51. The van der Waals surface area contributed by atoms with Gasteiger partial charge in [-0.25, -0.2) is 0 Å². The van der Waals surface area contributed by atoms with Crippen molar-refractivity contribution in [1.29, 1.82) is 0 Å². The Morgan fingerprint density at radius 2 is 1.81 bits per heavy atom. The summed E-state index contributed by atoms with van der Waals surface area (Å²) < 4.78 is 45.2. The van der Waals surface area contributed by atoms with Crippen molar-refractivity contribution in [2.24, 2.45) is 0 Å². The monoisotopic (exact) mass is 381 g/mol. The molecule has 1 aromatic heterocycles. The molecule has 0 unspecified atom stereocenters. The minimum absolute atomic E-state index is 0.0729. The van der Waals surface area contributed by atoms with Gasteiger partial charge in [-0.2, -0.15) is 13.2 Å². The third-order valence-electron chi connectivity index (χ3n) is 4.52. The number of hydrogen-bond acceptors (Lipinski definition) is 4. The van der Waals surface area contributed by atoms with Gasteiger partial charge in [-0.05, 0) is 17.7 Å². The molecule has 1 saturated heterocycles. The van der Waals surface area contributed by atoms with Crippen molar-refractivity contribution >= 4 is 5.69 Å². The average Bonchev–Trinajstić information content (AvgIpc) is 2.65. The summed E-state index contributed by atoms with van der Waals surface area (Å²) in [6.45, 7) is 4.87. The van der Waals surface area contributed by atoms with E-state index in [1.165, 1.54) is 0 Å². The Labute approximate surface area is 155 Å². The van der Waals surface area contributed by atoms with E-state index in [1.54, 1.807) is 6.07 Å². The van der Waals surface area contributed by atoms with Gasteiger partial charge in [0.05, 0.1) is 25.3 Å².